The minimum Gasteiger partial charge on any atom is -0.342 e. The van der Waals surface area contributed by atoms with Crippen molar-refractivity contribution >= 4 is 28.7 Å². The van der Waals surface area contributed by atoms with E-state index in [2.05, 4.69) is 30.7 Å². The molecule has 0 saturated carbocycles. The lowest BCUT2D eigenvalue weighted by Crippen LogP contribution is -2.38. The summed E-state index contributed by atoms with van der Waals surface area (Å²) in [5.41, 5.74) is -0.600. The van der Waals surface area contributed by atoms with Crippen LogP contribution >= 0.6 is 11.8 Å². The fourth-order valence-electron chi connectivity index (χ4n) is 3.32. The summed E-state index contributed by atoms with van der Waals surface area (Å²) in [6.07, 6.45) is 2.66. The number of amides is 1. The second kappa shape index (κ2) is 7.69. The normalized spacial score (nSPS) is 14.8. The van der Waals surface area contributed by atoms with Crippen LogP contribution in [-0.4, -0.2) is 48.8 Å². The van der Waals surface area contributed by atoms with E-state index in [1.54, 1.807) is 7.05 Å². The largest absolute Gasteiger partial charge is 0.342 e. The number of fused-ring (bicyclic) bond motifs is 1. The third-order valence-corrected chi connectivity index (χ3v) is 5.75. The van der Waals surface area contributed by atoms with Gasteiger partial charge >= 0.3 is 5.69 Å². The molecular formula is C19H27N5O3S. The predicted octanol–water partition coefficient (Wildman–Crippen LogP) is 1.33. The molecule has 0 N–H and O–H groups in total. The van der Waals surface area contributed by atoms with Crippen molar-refractivity contribution in [2.45, 2.75) is 45.1 Å². The third kappa shape index (κ3) is 4.14. The highest BCUT2D eigenvalue weighted by atomic mass is 32.2. The number of thioether (sulfide) groups is 1. The highest BCUT2D eigenvalue weighted by Crippen LogP contribution is 2.26. The average molecular weight is 406 g/mol. The van der Waals surface area contributed by atoms with Gasteiger partial charge in [-0.05, 0) is 18.3 Å². The highest BCUT2D eigenvalue weighted by Gasteiger charge is 2.23. The lowest BCUT2D eigenvalue weighted by molar-refractivity contribution is -0.127. The van der Waals surface area contributed by atoms with E-state index in [4.69, 9.17) is 0 Å². The third-order valence-electron chi connectivity index (χ3n) is 4.79. The zero-order chi connectivity index (χ0) is 20.6. The van der Waals surface area contributed by atoms with Gasteiger partial charge in [-0.2, -0.15) is 0 Å². The van der Waals surface area contributed by atoms with Gasteiger partial charge in [0.25, 0.3) is 5.56 Å². The number of rotatable bonds is 4. The van der Waals surface area contributed by atoms with E-state index in [0.717, 1.165) is 30.5 Å². The molecule has 3 heterocycles. The van der Waals surface area contributed by atoms with Crippen LogP contribution in [0.15, 0.2) is 14.6 Å². The molecule has 2 aromatic heterocycles. The Morgan fingerprint density at radius 3 is 2.32 bits per heavy atom. The molecule has 1 aliphatic heterocycles. The lowest BCUT2D eigenvalue weighted by atomic mass is 9.92. The molecule has 2 aromatic rings. The van der Waals surface area contributed by atoms with E-state index in [9.17, 15) is 14.4 Å². The number of hydrogen-bond acceptors (Lipinski definition) is 6. The van der Waals surface area contributed by atoms with E-state index < -0.39 is 11.2 Å². The molecule has 3 rings (SSSR count). The maximum atomic E-state index is 12.8. The number of carbonyl (C=O) groups is 1. The second-order valence-electron chi connectivity index (χ2n) is 8.46. The van der Waals surface area contributed by atoms with Crippen molar-refractivity contribution in [3.05, 3.63) is 26.7 Å². The van der Waals surface area contributed by atoms with Gasteiger partial charge in [0.05, 0.1) is 5.75 Å². The molecule has 152 valence electrons. The van der Waals surface area contributed by atoms with Crippen molar-refractivity contribution in [2.75, 3.05) is 18.8 Å². The van der Waals surface area contributed by atoms with Gasteiger partial charge in [0.15, 0.2) is 5.65 Å². The van der Waals surface area contributed by atoms with Crippen LogP contribution in [-0.2, 0) is 25.3 Å². The zero-order valence-electron chi connectivity index (χ0n) is 17.1. The van der Waals surface area contributed by atoms with Crippen LogP contribution in [0.1, 0.15) is 39.4 Å². The van der Waals surface area contributed by atoms with Crippen molar-refractivity contribution in [3.63, 3.8) is 0 Å². The summed E-state index contributed by atoms with van der Waals surface area (Å²) in [5.74, 6) is 0.834. The summed E-state index contributed by atoms with van der Waals surface area (Å²) in [7, 11) is 3.04. The lowest BCUT2D eigenvalue weighted by Gasteiger charge is -2.19. The van der Waals surface area contributed by atoms with Crippen LogP contribution in [0.3, 0.4) is 0 Å². The molecule has 1 amide bonds. The first-order valence-electron chi connectivity index (χ1n) is 9.46. The predicted molar refractivity (Wildman–Crippen MR) is 110 cm³/mol. The Morgan fingerprint density at radius 2 is 1.71 bits per heavy atom. The van der Waals surface area contributed by atoms with E-state index in [1.807, 2.05) is 4.90 Å². The fourth-order valence-corrected chi connectivity index (χ4v) is 4.25. The Kier molecular flexibility index (Phi) is 5.65. The molecule has 28 heavy (non-hydrogen) atoms. The van der Waals surface area contributed by atoms with Gasteiger partial charge in [-0.25, -0.2) is 14.8 Å². The zero-order valence-corrected chi connectivity index (χ0v) is 17.9. The minimum atomic E-state index is -0.434. The number of hydrogen-bond donors (Lipinski definition) is 0. The molecule has 1 aliphatic rings. The highest BCUT2D eigenvalue weighted by molar-refractivity contribution is 8.00. The van der Waals surface area contributed by atoms with Gasteiger partial charge in [0.2, 0.25) is 5.91 Å². The quantitative estimate of drug-likeness (QED) is 0.563. The Balaban J connectivity index is 2.08. The summed E-state index contributed by atoms with van der Waals surface area (Å²) in [5, 5.41) is 0.759. The first kappa shape index (κ1) is 20.6. The average Bonchev–Trinajstić information content (AvgIpc) is 3.15. The van der Waals surface area contributed by atoms with Crippen molar-refractivity contribution in [2.24, 2.45) is 19.5 Å². The van der Waals surface area contributed by atoms with Crippen molar-refractivity contribution in [1.82, 2.24) is 24.0 Å². The SMILES string of the molecule is Cn1c(=O)c2c(SCC(=O)N3CCCC3)nc(CC(C)(C)C)nc2n(C)c1=O. The number of carbonyl (C=O) groups excluding carboxylic acids is 1. The van der Waals surface area contributed by atoms with Crippen molar-refractivity contribution in [3.8, 4) is 0 Å². The molecule has 0 radical (unpaired) electrons. The second-order valence-corrected chi connectivity index (χ2v) is 9.43. The number of aromatic nitrogens is 4. The fraction of sp³-hybridized carbons (Fsp3) is 0.632. The van der Waals surface area contributed by atoms with Crippen LogP contribution in [0, 0.1) is 5.41 Å². The van der Waals surface area contributed by atoms with Crippen LogP contribution in [0.4, 0.5) is 0 Å². The molecule has 0 atom stereocenters. The molecule has 8 nitrogen and oxygen atoms in total. The molecule has 1 fully saturated rings. The molecule has 0 unspecified atom stereocenters. The Labute approximate surface area is 168 Å². The monoisotopic (exact) mass is 405 g/mol. The molecule has 0 aliphatic carbocycles. The van der Waals surface area contributed by atoms with Crippen LogP contribution in [0.5, 0.6) is 0 Å². The van der Waals surface area contributed by atoms with Gasteiger partial charge < -0.3 is 4.90 Å². The summed E-state index contributed by atoms with van der Waals surface area (Å²) >= 11 is 1.25. The van der Waals surface area contributed by atoms with Crippen LogP contribution < -0.4 is 11.2 Å². The first-order chi connectivity index (χ1) is 13.1. The maximum Gasteiger partial charge on any atom is 0.332 e. The van der Waals surface area contributed by atoms with E-state index >= 15 is 0 Å². The van der Waals surface area contributed by atoms with Crippen molar-refractivity contribution < 1.29 is 4.79 Å². The Hall–Kier alpha value is -2.16. The van der Waals surface area contributed by atoms with Crippen molar-refractivity contribution in [1.29, 1.82) is 0 Å². The topological polar surface area (TPSA) is 90.1 Å². The van der Waals surface area contributed by atoms with Crippen LogP contribution in [0.2, 0.25) is 0 Å². The van der Waals surface area contributed by atoms with Gasteiger partial charge in [0.1, 0.15) is 16.2 Å². The van der Waals surface area contributed by atoms with Crippen LogP contribution in [0.25, 0.3) is 11.0 Å². The summed E-state index contributed by atoms with van der Waals surface area (Å²) in [4.78, 5) is 48.6. The van der Waals surface area contributed by atoms with E-state index in [0.29, 0.717) is 28.3 Å². The standard InChI is InChI=1S/C19H27N5O3S/c1-19(2,3)10-12-20-15-14(17(26)23(5)18(27)22(15)4)16(21-12)28-11-13(25)24-8-6-7-9-24/h6-11H2,1-5H3. The van der Waals surface area contributed by atoms with Gasteiger partial charge in [0, 0.05) is 33.6 Å². The number of aryl methyl sites for hydroxylation is 1. The molecule has 1 saturated heterocycles. The molecule has 0 bridgehead atoms. The Bertz CT molecular complexity index is 1030. The summed E-state index contributed by atoms with van der Waals surface area (Å²) in [6.45, 7) is 7.80. The summed E-state index contributed by atoms with van der Waals surface area (Å²) < 4.78 is 2.43. The van der Waals surface area contributed by atoms with Gasteiger partial charge in [-0.1, -0.05) is 32.5 Å². The van der Waals surface area contributed by atoms with E-state index in [-0.39, 0.29) is 17.1 Å². The molecule has 9 heteroatoms. The summed E-state index contributed by atoms with van der Waals surface area (Å²) in [6, 6.07) is 0. The molecule has 0 spiro atoms. The number of likely N-dealkylation sites (tertiary alicyclic amines) is 1. The van der Waals surface area contributed by atoms with Gasteiger partial charge in [-0.15, -0.1) is 0 Å². The maximum absolute atomic E-state index is 12.8. The molecular weight excluding hydrogens is 378 g/mol. The van der Waals surface area contributed by atoms with E-state index in [1.165, 1.54) is 23.4 Å². The number of nitrogens with zero attached hydrogens (tertiary/aromatic N) is 5. The minimum absolute atomic E-state index is 0.0493. The Morgan fingerprint density at radius 1 is 1.07 bits per heavy atom. The van der Waals surface area contributed by atoms with Gasteiger partial charge in [-0.3, -0.25) is 18.7 Å². The first-order valence-corrected chi connectivity index (χ1v) is 10.4. The molecule has 0 aromatic carbocycles. The smallest absolute Gasteiger partial charge is 0.332 e.